The quantitative estimate of drug-likeness (QED) is 0.549. The number of methoxy groups -OCH3 is 1. The van der Waals surface area contributed by atoms with Crippen LogP contribution in [0.3, 0.4) is 0 Å². The van der Waals surface area contributed by atoms with E-state index in [1.165, 1.54) is 6.42 Å². The summed E-state index contributed by atoms with van der Waals surface area (Å²) in [6.45, 7) is 8.02. The Morgan fingerprint density at radius 2 is 1.71 bits per heavy atom. The Kier molecular flexibility index (Phi) is 10.9. The summed E-state index contributed by atoms with van der Waals surface area (Å²) in [4.78, 5) is 0. The largest absolute Gasteiger partial charge is 0.385 e. The number of rotatable bonds is 10. The van der Waals surface area contributed by atoms with Crippen molar-refractivity contribution < 1.29 is 9.47 Å². The molecule has 0 bridgehead atoms. The molecule has 0 aromatic heterocycles. The van der Waals surface area contributed by atoms with Gasteiger partial charge >= 0.3 is 0 Å². The molecule has 0 aromatic carbocycles. The van der Waals surface area contributed by atoms with Gasteiger partial charge in [0.2, 0.25) is 0 Å². The molecule has 0 aliphatic carbocycles. The lowest BCUT2D eigenvalue weighted by atomic mass is 10.3. The van der Waals surface area contributed by atoms with Crippen LogP contribution in [0.25, 0.3) is 0 Å². The first-order valence-electron chi connectivity index (χ1n) is 5.58. The van der Waals surface area contributed by atoms with Crippen molar-refractivity contribution in [3.05, 3.63) is 0 Å². The lowest BCUT2D eigenvalue weighted by molar-refractivity contribution is 0.0760. The molecular weight excluding hydrogens is 178 g/mol. The van der Waals surface area contributed by atoms with E-state index < -0.39 is 0 Å². The SMILES string of the molecule is COCCCNCCCCOC(C)C. The van der Waals surface area contributed by atoms with Gasteiger partial charge in [0.15, 0.2) is 0 Å². The average molecular weight is 203 g/mol. The Morgan fingerprint density at radius 1 is 1.00 bits per heavy atom. The predicted molar refractivity (Wildman–Crippen MR) is 59.7 cm³/mol. The predicted octanol–water partition coefficient (Wildman–Crippen LogP) is 1.82. The van der Waals surface area contributed by atoms with Crippen LogP contribution in [-0.2, 0) is 9.47 Å². The van der Waals surface area contributed by atoms with E-state index >= 15 is 0 Å². The Balaban J connectivity index is 2.85. The van der Waals surface area contributed by atoms with Gasteiger partial charge in [0.25, 0.3) is 0 Å². The fraction of sp³-hybridized carbons (Fsp3) is 1.00. The van der Waals surface area contributed by atoms with Gasteiger partial charge in [0, 0.05) is 20.3 Å². The van der Waals surface area contributed by atoms with Crippen LogP contribution in [0, 0.1) is 0 Å². The van der Waals surface area contributed by atoms with Gasteiger partial charge in [0.05, 0.1) is 6.10 Å². The maximum Gasteiger partial charge on any atom is 0.0518 e. The highest BCUT2D eigenvalue weighted by atomic mass is 16.5. The second kappa shape index (κ2) is 11.0. The third-order valence-corrected chi connectivity index (χ3v) is 1.90. The highest BCUT2D eigenvalue weighted by Gasteiger charge is 1.93. The van der Waals surface area contributed by atoms with Crippen molar-refractivity contribution >= 4 is 0 Å². The molecule has 3 nitrogen and oxygen atoms in total. The Morgan fingerprint density at radius 3 is 2.36 bits per heavy atom. The van der Waals surface area contributed by atoms with Gasteiger partial charge in [-0.05, 0) is 46.2 Å². The molecule has 0 saturated carbocycles. The van der Waals surface area contributed by atoms with Gasteiger partial charge in [-0.3, -0.25) is 0 Å². The molecule has 0 spiro atoms. The van der Waals surface area contributed by atoms with Gasteiger partial charge in [0.1, 0.15) is 0 Å². The van der Waals surface area contributed by atoms with E-state index in [0.29, 0.717) is 6.10 Å². The molecule has 3 heteroatoms. The van der Waals surface area contributed by atoms with Gasteiger partial charge < -0.3 is 14.8 Å². The van der Waals surface area contributed by atoms with E-state index in [1.807, 2.05) is 0 Å². The van der Waals surface area contributed by atoms with Gasteiger partial charge in [-0.2, -0.15) is 0 Å². The lowest BCUT2D eigenvalue weighted by Crippen LogP contribution is -2.18. The van der Waals surface area contributed by atoms with Crippen molar-refractivity contribution in [1.29, 1.82) is 0 Å². The van der Waals surface area contributed by atoms with Crippen LogP contribution < -0.4 is 5.32 Å². The van der Waals surface area contributed by atoms with Gasteiger partial charge in [-0.15, -0.1) is 0 Å². The summed E-state index contributed by atoms with van der Waals surface area (Å²) in [5.74, 6) is 0. The molecule has 0 rings (SSSR count). The lowest BCUT2D eigenvalue weighted by Gasteiger charge is -2.07. The zero-order valence-electron chi connectivity index (χ0n) is 9.84. The van der Waals surface area contributed by atoms with E-state index in [0.717, 1.165) is 39.1 Å². The van der Waals surface area contributed by atoms with E-state index in [9.17, 15) is 0 Å². The zero-order valence-corrected chi connectivity index (χ0v) is 9.84. The maximum atomic E-state index is 5.44. The van der Waals surface area contributed by atoms with E-state index in [1.54, 1.807) is 7.11 Å². The molecule has 0 heterocycles. The third kappa shape index (κ3) is 11.9. The molecule has 0 atom stereocenters. The molecular formula is C11H25NO2. The van der Waals surface area contributed by atoms with Crippen LogP contribution in [0.2, 0.25) is 0 Å². The second-order valence-corrected chi connectivity index (χ2v) is 3.72. The summed E-state index contributed by atoms with van der Waals surface area (Å²) in [6, 6.07) is 0. The number of hydrogen-bond donors (Lipinski definition) is 1. The summed E-state index contributed by atoms with van der Waals surface area (Å²) in [5.41, 5.74) is 0. The number of nitrogens with one attached hydrogen (secondary N) is 1. The number of hydrogen-bond acceptors (Lipinski definition) is 3. The molecule has 0 aliphatic heterocycles. The first kappa shape index (κ1) is 13.9. The monoisotopic (exact) mass is 203 g/mol. The standard InChI is InChI=1S/C11H25NO2/c1-11(2)14-10-5-4-7-12-8-6-9-13-3/h11-12H,4-10H2,1-3H3. The molecule has 0 radical (unpaired) electrons. The second-order valence-electron chi connectivity index (χ2n) is 3.72. The normalized spacial score (nSPS) is 11.1. The van der Waals surface area contributed by atoms with Crippen LogP contribution in [0.4, 0.5) is 0 Å². The summed E-state index contributed by atoms with van der Waals surface area (Å²) in [6.07, 6.45) is 3.80. The number of unbranched alkanes of at least 4 members (excludes halogenated alkanes) is 1. The van der Waals surface area contributed by atoms with Crippen LogP contribution in [0.5, 0.6) is 0 Å². The van der Waals surface area contributed by atoms with Crippen LogP contribution in [0.1, 0.15) is 33.1 Å². The van der Waals surface area contributed by atoms with Gasteiger partial charge in [-0.25, -0.2) is 0 Å². The minimum Gasteiger partial charge on any atom is -0.385 e. The molecule has 1 N–H and O–H groups in total. The maximum absolute atomic E-state index is 5.44. The fourth-order valence-corrected chi connectivity index (χ4v) is 1.14. The van der Waals surface area contributed by atoms with Crippen LogP contribution in [0.15, 0.2) is 0 Å². The Hall–Kier alpha value is -0.120. The first-order chi connectivity index (χ1) is 6.77. The minimum atomic E-state index is 0.365. The Labute approximate surface area is 88.2 Å². The minimum absolute atomic E-state index is 0.365. The van der Waals surface area contributed by atoms with Crippen molar-refractivity contribution in [2.24, 2.45) is 0 Å². The smallest absolute Gasteiger partial charge is 0.0518 e. The van der Waals surface area contributed by atoms with E-state index in [-0.39, 0.29) is 0 Å². The van der Waals surface area contributed by atoms with Gasteiger partial charge in [-0.1, -0.05) is 0 Å². The summed E-state index contributed by atoms with van der Waals surface area (Å²) in [7, 11) is 1.74. The molecule has 0 amide bonds. The highest BCUT2D eigenvalue weighted by Crippen LogP contribution is 1.93. The highest BCUT2D eigenvalue weighted by molar-refractivity contribution is 4.48. The zero-order chi connectivity index (χ0) is 10.6. The molecule has 14 heavy (non-hydrogen) atoms. The summed E-state index contributed by atoms with van der Waals surface area (Å²) < 4.78 is 10.4. The molecule has 0 fully saturated rings. The molecule has 0 unspecified atom stereocenters. The first-order valence-corrected chi connectivity index (χ1v) is 5.58. The van der Waals surface area contributed by atoms with Crippen molar-refractivity contribution in [1.82, 2.24) is 5.32 Å². The van der Waals surface area contributed by atoms with Crippen LogP contribution in [-0.4, -0.2) is 39.5 Å². The third-order valence-electron chi connectivity index (χ3n) is 1.90. The Bertz CT molecular complexity index is 107. The molecule has 0 aliphatic rings. The summed E-state index contributed by atoms with van der Waals surface area (Å²) in [5, 5.41) is 3.37. The van der Waals surface area contributed by atoms with E-state index in [4.69, 9.17) is 9.47 Å². The number of ether oxygens (including phenoxy) is 2. The molecule has 0 saturated heterocycles. The van der Waals surface area contributed by atoms with E-state index in [2.05, 4.69) is 19.2 Å². The topological polar surface area (TPSA) is 30.5 Å². The van der Waals surface area contributed by atoms with Crippen molar-refractivity contribution in [3.8, 4) is 0 Å². The molecule has 86 valence electrons. The van der Waals surface area contributed by atoms with Crippen LogP contribution >= 0.6 is 0 Å². The fourth-order valence-electron chi connectivity index (χ4n) is 1.14. The van der Waals surface area contributed by atoms with Crippen molar-refractivity contribution in [3.63, 3.8) is 0 Å². The average Bonchev–Trinajstić information content (AvgIpc) is 2.15. The molecule has 0 aromatic rings. The summed E-state index contributed by atoms with van der Waals surface area (Å²) >= 11 is 0. The van der Waals surface area contributed by atoms with Crippen molar-refractivity contribution in [2.45, 2.75) is 39.2 Å². The van der Waals surface area contributed by atoms with Crippen molar-refractivity contribution in [2.75, 3.05) is 33.4 Å².